The normalized spacial score (nSPS) is 11.9. The molecule has 0 saturated carbocycles. The van der Waals surface area contributed by atoms with E-state index in [0.29, 0.717) is 23.5 Å². The molecule has 184 valence electrons. The summed E-state index contributed by atoms with van der Waals surface area (Å²) in [6.07, 6.45) is -0.216. The largest absolute Gasteiger partial charge is 0.416 e. The lowest BCUT2D eigenvalue weighted by Gasteiger charge is -2.08. The Labute approximate surface area is 204 Å². The molecule has 0 atom stereocenters. The van der Waals surface area contributed by atoms with Crippen LogP contribution in [0.1, 0.15) is 34.5 Å². The molecular formula is C26H23F3N6O. The first kappa shape index (κ1) is 23.5. The first-order valence-electron chi connectivity index (χ1n) is 11.4. The number of fused-ring (bicyclic) bond motifs is 3. The van der Waals surface area contributed by atoms with Gasteiger partial charge in [0.2, 0.25) is 5.91 Å². The monoisotopic (exact) mass is 492 g/mol. The third kappa shape index (κ3) is 4.66. The Morgan fingerprint density at radius 1 is 1.00 bits per heavy atom. The standard InChI is InChI=1S/C26H23F3N6O/c1-16-3-4-17(2)20(13-16)21-14-22-25-32-31-23(34(25)11-12-35(22)33-21)9-10-24(36)30-15-18-5-7-19(8-6-18)26(27,28)29/h3-8,11-14H,9-10,15H2,1-2H3,(H,30,36). The average molecular weight is 493 g/mol. The number of hydrogen-bond donors (Lipinski definition) is 1. The highest BCUT2D eigenvalue weighted by Gasteiger charge is 2.29. The molecule has 5 rings (SSSR count). The summed E-state index contributed by atoms with van der Waals surface area (Å²) < 4.78 is 41.7. The van der Waals surface area contributed by atoms with Crippen LogP contribution in [0, 0.1) is 13.8 Å². The summed E-state index contributed by atoms with van der Waals surface area (Å²) >= 11 is 0. The van der Waals surface area contributed by atoms with Gasteiger partial charge in [0, 0.05) is 37.3 Å². The van der Waals surface area contributed by atoms with Gasteiger partial charge in [0.15, 0.2) is 5.65 Å². The molecule has 0 spiro atoms. The highest BCUT2D eigenvalue weighted by Crippen LogP contribution is 2.29. The van der Waals surface area contributed by atoms with Gasteiger partial charge in [-0.05, 0) is 49.2 Å². The summed E-state index contributed by atoms with van der Waals surface area (Å²) in [5, 5.41) is 16.0. The maximum absolute atomic E-state index is 12.7. The van der Waals surface area contributed by atoms with E-state index in [2.05, 4.69) is 33.7 Å². The smallest absolute Gasteiger partial charge is 0.352 e. The second kappa shape index (κ2) is 9.10. The molecule has 0 bridgehead atoms. The van der Waals surface area contributed by atoms with Crippen molar-refractivity contribution >= 4 is 17.1 Å². The molecule has 1 amide bonds. The van der Waals surface area contributed by atoms with E-state index in [4.69, 9.17) is 5.10 Å². The predicted molar refractivity (Wildman–Crippen MR) is 128 cm³/mol. The first-order valence-corrected chi connectivity index (χ1v) is 11.4. The van der Waals surface area contributed by atoms with Gasteiger partial charge in [0.05, 0.1) is 11.3 Å². The summed E-state index contributed by atoms with van der Waals surface area (Å²) in [6, 6.07) is 13.0. The second-order valence-corrected chi connectivity index (χ2v) is 8.76. The molecule has 0 aliphatic rings. The van der Waals surface area contributed by atoms with Crippen LogP contribution < -0.4 is 5.32 Å². The molecule has 0 saturated heterocycles. The molecule has 0 unspecified atom stereocenters. The summed E-state index contributed by atoms with van der Waals surface area (Å²) in [7, 11) is 0. The van der Waals surface area contributed by atoms with Crippen molar-refractivity contribution in [1.29, 1.82) is 0 Å². The van der Waals surface area contributed by atoms with Crippen LogP contribution in [0.15, 0.2) is 60.9 Å². The summed E-state index contributed by atoms with van der Waals surface area (Å²) in [5.41, 5.74) is 5.50. The van der Waals surface area contributed by atoms with Gasteiger partial charge in [-0.1, -0.05) is 29.8 Å². The number of halogens is 3. The molecule has 0 radical (unpaired) electrons. The van der Waals surface area contributed by atoms with Crippen molar-refractivity contribution in [2.24, 2.45) is 0 Å². The van der Waals surface area contributed by atoms with Crippen LogP contribution in [0.2, 0.25) is 0 Å². The van der Waals surface area contributed by atoms with E-state index in [9.17, 15) is 18.0 Å². The van der Waals surface area contributed by atoms with Gasteiger partial charge in [0.1, 0.15) is 11.3 Å². The number of aryl methyl sites for hydroxylation is 3. The fourth-order valence-corrected chi connectivity index (χ4v) is 4.10. The summed E-state index contributed by atoms with van der Waals surface area (Å²) in [6.45, 7) is 4.24. The predicted octanol–water partition coefficient (Wildman–Crippen LogP) is 4.93. The Bertz CT molecular complexity index is 1570. The van der Waals surface area contributed by atoms with E-state index in [1.807, 2.05) is 36.7 Å². The molecule has 36 heavy (non-hydrogen) atoms. The zero-order valence-electron chi connectivity index (χ0n) is 19.7. The molecule has 1 N–H and O–H groups in total. The van der Waals surface area contributed by atoms with Crippen molar-refractivity contribution in [2.45, 2.75) is 39.4 Å². The van der Waals surface area contributed by atoms with E-state index in [1.54, 1.807) is 4.52 Å². The van der Waals surface area contributed by atoms with Crippen LogP contribution in [-0.4, -0.2) is 30.1 Å². The third-order valence-electron chi connectivity index (χ3n) is 6.10. The van der Waals surface area contributed by atoms with Crippen LogP contribution in [0.4, 0.5) is 13.2 Å². The highest BCUT2D eigenvalue weighted by molar-refractivity contribution is 5.78. The van der Waals surface area contributed by atoms with Crippen molar-refractivity contribution in [1.82, 2.24) is 29.5 Å². The first-order chi connectivity index (χ1) is 17.2. The Kier molecular flexibility index (Phi) is 5.95. The maximum atomic E-state index is 12.7. The fourth-order valence-electron chi connectivity index (χ4n) is 4.10. The zero-order chi connectivity index (χ0) is 25.4. The molecule has 5 aromatic rings. The van der Waals surface area contributed by atoms with Crippen molar-refractivity contribution < 1.29 is 18.0 Å². The number of aromatic nitrogens is 5. The molecule has 3 aromatic heterocycles. The molecule has 0 aliphatic carbocycles. The zero-order valence-corrected chi connectivity index (χ0v) is 19.7. The lowest BCUT2D eigenvalue weighted by Crippen LogP contribution is -2.23. The number of carbonyl (C=O) groups excluding carboxylic acids is 1. The van der Waals surface area contributed by atoms with Gasteiger partial charge in [0.25, 0.3) is 0 Å². The Hall–Kier alpha value is -4.21. The lowest BCUT2D eigenvalue weighted by atomic mass is 10.0. The fraction of sp³-hybridized carbons (Fsp3) is 0.231. The topological polar surface area (TPSA) is 76.6 Å². The quantitative estimate of drug-likeness (QED) is 0.365. The SMILES string of the molecule is Cc1ccc(C)c(-c2cc3c4nnc(CCC(=O)NCc5ccc(C(F)(F)F)cc5)n4ccn3n2)c1. The van der Waals surface area contributed by atoms with Crippen molar-refractivity contribution in [2.75, 3.05) is 0 Å². The molecule has 7 nitrogen and oxygen atoms in total. The van der Waals surface area contributed by atoms with Gasteiger partial charge in [-0.3, -0.25) is 9.20 Å². The van der Waals surface area contributed by atoms with E-state index in [-0.39, 0.29) is 18.9 Å². The lowest BCUT2D eigenvalue weighted by molar-refractivity contribution is -0.137. The van der Waals surface area contributed by atoms with Gasteiger partial charge in [-0.15, -0.1) is 10.2 Å². The van der Waals surface area contributed by atoms with Gasteiger partial charge in [-0.25, -0.2) is 4.52 Å². The Morgan fingerprint density at radius 2 is 1.78 bits per heavy atom. The number of alkyl halides is 3. The average Bonchev–Trinajstić information content (AvgIpc) is 3.46. The molecular weight excluding hydrogens is 469 g/mol. The van der Waals surface area contributed by atoms with Gasteiger partial charge < -0.3 is 5.32 Å². The number of benzene rings is 2. The van der Waals surface area contributed by atoms with Crippen LogP contribution >= 0.6 is 0 Å². The second-order valence-electron chi connectivity index (χ2n) is 8.76. The molecule has 0 fully saturated rings. The number of nitrogens with zero attached hydrogens (tertiary/aromatic N) is 5. The number of amides is 1. The molecule has 2 aromatic carbocycles. The van der Waals surface area contributed by atoms with Crippen LogP contribution in [0.5, 0.6) is 0 Å². The molecule has 10 heteroatoms. The van der Waals surface area contributed by atoms with Crippen molar-refractivity contribution in [3.63, 3.8) is 0 Å². The van der Waals surface area contributed by atoms with Crippen LogP contribution in [0.3, 0.4) is 0 Å². The Morgan fingerprint density at radius 3 is 2.53 bits per heavy atom. The number of rotatable bonds is 6. The van der Waals surface area contributed by atoms with E-state index in [0.717, 1.165) is 40.0 Å². The van der Waals surface area contributed by atoms with Crippen molar-refractivity contribution in [3.05, 3.63) is 89.0 Å². The number of hydrogen-bond acceptors (Lipinski definition) is 4. The van der Waals surface area contributed by atoms with Crippen LogP contribution in [0.25, 0.3) is 22.4 Å². The number of nitrogens with one attached hydrogen (secondary N) is 1. The van der Waals surface area contributed by atoms with Gasteiger partial charge in [-0.2, -0.15) is 18.3 Å². The van der Waals surface area contributed by atoms with Gasteiger partial charge >= 0.3 is 6.18 Å². The van der Waals surface area contributed by atoms with Crippen molar-refractivity contribution in [3.8, 4) is 11.3 Å². The highest BCUT2D eigenvalue weighted by atomic mass is 19.4. The minimum Gasteiger partial charge on any atom is -0.352 e. The van der Waals surface area contributed by atoms with E-state index >= 15 is 0 Å². The molecule has 3 heterocycles. The van der Waals surface area contributed by atoms with E-state index in [1.165, 1.54) is 12.1 Å². The van der Waals surface area contributed by atoms with Crippen LogP contribution in [-0.2, 0) is 23.9 Å². The van der Waals surface area contributed by atoms with E-state index < -0.39 is 11.7 Å². The third-order valence-corrected chi connectivity index (χ3v) is 6.10. The minimum atomic E-state index is -4.38. The maximum Gasteiger partial charge on any atom is 0.416 e. The Balaban J connectivity index is 1.27. The number of carbonyl (C=O) groups is 1. The summed E-state index contributed by atoms with van der Waals surface area (Å²) in [4.78, 5) is 12.3. The molecule has 0 aliphatic heterocycles. The summed E-state index contributed by atoms with van der Waals surface area (Å²) in [5.74, 6) is 0.404. The minimum absolute atomic E-state index is 0.148.